The Kier molecular flexibility index (Phi) is 3.71. The molecule has 20 heavy (non-hydrogen) atoms. The Balaban J connectivity index is 1.72. The molecule has 3 rings (SSSR count). The Labute approximate surface area is 120 Å². The molecule has 2 aliphatic heterocycles. The van der Waals surface area contributed by atoms with Crippen molar-refractivity contribution >= 4 is 11.8 Å². The lowest BCUT2D eigenvalue weighted by Gasteiger charge is -2.35. The number of carbonyl (C=O) groups excluding carboxylic acids is 2. The van der Waals surface area contributed by atoms with Crippen LogP contribution in [0.2, 0.25) is 0 Å². The molecule has 0 bridgehead atoms. The number of rotatable bonds is 3. The van der Waals surface area contributed by atoms with E-state index in [4.69, 9.17) is 4.74 Å². The third-order valence-corrected chi connectivity index (χ3v) is 4.83. The van der Waals surface area contributed by atoms with Crippen LogP contribution in [0.1, 0.15) is 45.4 Å². The molecular formula is C15H24N2O3. The minimum absolute atomic E-state index is 0.000174. The van der Waals surface area contributed by atoms with Crippen molar-refractivity contribution in [1.82, 2.24) is 10.2 Å². The molecule has 0 aromatic rings. The first-order valence-electron chi connectivity index (χ1n) is 7.81. The number of carbonyl (C=O) groups is 2. The summed E-state index contributed by atoms with van der Waals surface area (Å²) in [5.41, 5.74) is -0.692. The first-order valence-corrected chi connectivity index (χ1v) is 7.81. The Morgan fingerprint density at radius 3 is 2.75 bits per heavy atom. The minimum Gasteiger partial charge on any atom is -0.376 e. The molecule has 3 fully saturated rings. The molecule has 1 saturated carbocycles. The summed E-state index contributed by atoms with van der Waals surface area (Å²) >= 11 is 0. The summed E-state index contributed by atoms with van der Waals surface area (Å²) in [4.78, 5) is 26.6. The van der Waals surface area contributed by atoms with Crippen molar-refractivity contribution in [2.45, 2.75) is 57.1 Å². The van der Waals surface area contributed by atoms with E-state index in [9.17, 15) is 9.59 Å². The highest BCUT2D eigenvalue weighted by atomic mass is 16.5. The van der Waals surface area contributed by atoms with E-state index in [-0.39, 0.29) is 17.9 Å². The molecule has 5 nitrogen and oxygen atoms in total. The molecule has 2 atom stereocenters. The first-order chi connectivity index (χ1) is 9.59. The quantitative estimate of drug-likeness (QED) is 0.841. The van der Waals surface area contributed by atoms with Crippen molar-refractivity contribution in [3.05, 3.63) is 0 Å². The molecule has 2 saturated heterocycles. The van der Waals surface area contributed by atoms with Gasteiger partial charge >= 0.3 is 0 Å². The van der Waals surface area contributed by atoms with E-state index in [1.54, 1.807) is 0 Å². The first kappa shape index (κ1) is 13.9. The van der Waals surface area contributed by atoms with Crippen LogP contribution in [0.5, 0.6) is 0 Å². The number of nitrogens with one attached hydrogen (secondary N) is 1. The largest absolute Gasteiger partial charge is 0.376 e. The van der Waals surface area contributed by atoms with Gasteiger partial charge in [0.2, 0.25) is 11.8 Å². The van der Waals surface area contributed by atoms with Crippen LogP contribution in [0.15, 0.2) is 0 Å². The topological polar surface area (TPSA) is 58.6 Å². The summed E-state index contributed by atoms with van der Waals surface area (Å²) in [6.07, 6.45) is 5.93. The van der Waals surface area contributed by atoms with Crippen molar-refractivity contribution < 1.29 is 14.3 Å². The molecule has 2 unspecified atom stereocenters. The van der Waals surface area contributed by atoms with Crippen LogP contribution >= 0.6 is 0 Å². The highest BCUT2D eigenvalue weighted by molar-refractivity contribution is 5.93. The number of ether oxygens (including phenoxy) is 1. The van der Waals surface area contributed by atoms with Gasteiger partial charge in [-0.05, 0) is 44.9 Å². The fourth-order valence-corrected chi connectivity index (χ4v) is 3.38. The van der Waals surface area contributed by atoms with Crippen LogP contribution in [0.3, 0.4) is 0 Å². The zero-order valence-corrected chi connectivity index (χ0v) is 12.2. The van der Waals surface area contributed by atoms with E-state index in [0.717, 1.165) is 32.3 Å². The average Bonchev–Trinajstić information content (AvgIpc) is 3.28. The second kappa shape index (κ2) is 5.35. The Morgan fingerprint density at radius 2 is 2.10 bits per heavy atom. The van der Waals surface area contributed by atoms with E-state index in [0.29, 0.717) is 25.4 Å². The molecule has 0 aromatic carbocycles. The Hall–Kier alpha value is -1.10. The van der Waals surface area contributed by atoms with E-state index < -0.39 is 5.54 Å². The van der Waals surface area contributed by atoms with Gasteiger partial charge in [0.1, 0.15) is 5.54 Å². The maximum atomic E-state index is 12.8. The van der Waals surface area contributed by atoms with Gasteiger partial charge in [0.05, 0.1) is 6.10 Å². The molecular weight excluding hydrogens is 256 g/mol. The SMILES string of the molecule is CC1(C2CC2)NC(=O)CCN(CC2CCCCO2)C1=O. The molecule has 2 heterocycles. The monoisotopic (exact) mass is 280 g/mol. The summed E-state index contributed by atoms with van der Waals surface area (Å²) < 4.78 is 5.74. The van der Waals surface area contributed by atoms with Crippen molar-refractivity contribution in [1.29, 1.82) is 0 Å². The number of nitrogens with zero attached hydrogens (tertiary/aromatic N) is 1. The van der Waals surface area contributed by atoms with Gasteiger partial charge in [-0.3, -0.25) is 9.59 Å². The van der Waals surface area contributed by atoms with Crippen LogP contribution in [0.4, 0.5) is 0 Å². The molecule has 3 aliphatic rings. The highest BCUT2D eigenvalue weighted by Gasteiger charge is 2.51. The average molecular weight is 280 g/mol. The Bertz CT molecular complexity index is 402. The smallest absolute Gasteiger partial charge is 0.248 e. The van der Waals surface area contributed by atoms with Gasteiger partial charge in [-0.2, -0.15) is 0 Å². The third-order valence-electron chi connectivity index (χ3n) is 4.83. The number of amides is 2. The summed E-state index contributed by atoms with van der Waals surface area (Å²) in [6.45, 7) is 3.84. The van der Waals surface area contributed by atoms with Gasteiger partial charge in [-0.15, -0.1) is 0 Å². The van der Waals surface area contributed by atoms with Crippen molar-refractivity contribution in [2.24, 2.45) is 5.92 Å². The fraction of sp³-hybridized carbons (Fsp3) is 0.867. The summed E-state index contributed by atoms with van der Waals surface area (Å²) in [7, 11) is 0. The van der Waals surface area contributed by atoms with Crippen molar-refractivity contribution in [2.75, 3.05) is 19.7 Å². The van der Waals surface area contributed by atoms with Crippen molar-refractivity contribution in [3.63, 3.8) is 0 Å². The lowest BCUT2D eigenvalue weighted by molar-refractivity contribution is -0.141. The zero-order chi connectivity index (χ0) is 14.2. The second-order valence-corrected chi connectivity index (χ2v) is 6.51. The highest BCUT2D eigenvalue weighted by Crippen LogP contribution is 2.41. The molecule has 112 valence electrons. The normalized spacial score (nSPS) is 35.6. The fourth-order valence-electron chi connectivity index (χ4n) is 3.38. The van der Waals surface area contributed by atoms with Gasteiger partial charge in [0, 0.05) is 26.1 Å². The van der Waals surface area contributed by atoms with Gasteiger partial charge in [-0.1, -0.05) is 0 Å². The maximum absolute atomic E-state index is 12.8. The van der Waals surface area contributed by atoms with Gasteiger partial charge in [-0.25, -0.2) is 0 Å². The standard InChI is InChI=1S/C15H24N2O3/c1-15(11-5-6-11)14(19)17(8-7-13(18)16-15)10-12-4-2-3-9-20-12/h11-12H,2-10H2,1H3,(H,16,18). The molecule has 0 spiro atoms. The summed E-state index contributed by atoms with van der Waals surface area (Å²) in [6, 6.07) is 0. The van der Waals surface area contributed by atoms with Gasteiger partial charge in [0.25, 0.3) is 0 Å². The number of hydrogen-bond acceptors (Lipinski definition) is 3. The third kappa shape index (κ3) is 2.68. The molecule has 1 N–H and O–H groups in total. The molecule has 5 heteroatoms. The van der Waals surface area contributed by atoms with Crippen LogP contribution in [-0.4, -0.2) is 48.1 Å². The predicted molar refractivity (Wildman–Crippen MR) is 74.1 cm³/mol. The lowest BCUT2D eigenvalue weighted by atomic mass is 9.94. The van der Waals surface area contributed by atoms with Crippen molar-refractivity contribution in [3.8, 4) is 0 Å². The predicted octanol–water partition coefficient (Wildman–Crippen LogP) is 1.07. The second-order valence-electron chi connectivity index (χ2n) is 6.51. The van der Waals surface area contributed by atoms with Gasteiger partial charge in [0.15, 0.2) is 0 Å². The minimum atomic E-state index is -0.692. The maximum Gasteiger partial charge on any atom is 0.248 e. The van der Waals surface area contributed by atoms with E-state index >= 15 is 0 Å². The van der Waals surface area contributed by atoms with Crippen LogP contribution in [0.25, 0.3) is 0 Å². The summed E-state index contributed by atoms with van der Waals surface area (Å²) in [5, 5.41) is 2.96. The number of hydrogen-bond donors (Lipinski definition) is 1. The van der Waals surface area contributed by atoms with E-state index in [1.807, 2.05) is 11.8 Å². The summed E-state index contributed by atoms with van der Waals surface area (Å²) in [5.74, 6) is 0.395. The molecule has 1 aliphatic carbocycles. The van der Waals surface area contributed by atoms with Crippen LogP contribution in [0, 0.1) is 5.92 Å². The van der Waals surface area contributed by atoms with E-state index in [2.05, 4.69) is 5.32 Å². The van der Waals surface area contributed by atoms with Crippen LogP contribution in [-0.2, 0) is 14.3 Å². The van der Waals surface area contributed by atoms with E-state index in [1.165, 1.54) is 6.42 Å². The molecule has 0 radical (unpaired) electrons. The van der Waals surface area contributed by atoms with Gasteiger partial charge < -0.3 is 15.0 Å². The zero-order valence-electron chi connectivity index (χ0n) is 12.2. The molecule has 0 aromatic heterocycles. The Morgan fingerprint density at radius 1 is 1.30 bits per heavy atom. The van der Waals surface area contributed by atoms with Crippen LogP contribution < -0.4 is 5.32 Å². The lowest BCUT2D eigenvalue weighted by Crippen LogP contribution is -2.57. The molecule has 2 amide bonds.